The summed E-state index contributed by atoms with van der Waals surface area (Å²) >= 11 is 6.05. The molecule has 0 aromatic heterocycles. The van der Waals surface area contributed by atoms with Gasteiger partial charge in [-0.05, 0) is 41.8 Å². The third-order valence-electron chi connectivity index (χ3n) is 2.83. The van der Waals surface area contributed by atoms with E-state index in [9.17, 15) is 0 Å². The summed E-state index contributed by atoms with van der Waals surface area (Å²) < 4.78 is 5.73. The SMILES string of the molecule is CCc1ccc(N)cc1COc1ccccc1Cl. The third-order valence-corrected chi connectivity index (χ3v) is 3.14. The molecule has 2 aromatic rings. The van der Waals surface area contributed by atoms with Crippen LogP contribution in [0.3, 0.4) is 0 Å². The number of anilines is 1. The van der Waals surface area contributed by atoms with Crippen LogP contribution in [0.2, 0.25) is 5.02 Å². The van der Waals surface area contributed by atoms with Crippen LogP contribution in [0.4, 0.5) is 5.69 Å². The Labute approximate surface area is 112 Å². The second-order valence-corrected chi connectivity index (χ2v) is 4.51. The summed E-state index contributed by atoms with van der Waals surface area (Å²) in [6, 6.07) is 13.4. The predicted octanol–water partition coefficient (Wildman–Crippen LogP) is 4.06. The summed E-state index contributed by atoms with van der Waals surface area (Å²) in [4.78, 5) is 0. The zero-order valence-electron chi connectivity index (χ0n) is 10.3. The Morgan fingerprint density at radius 3 is 2.61 bits per heavy atom. The number of ether oxygens (including phenoxy) is 1. The maximum atomic E-state index is 6.05. The van der Waals surface area contributed by atoms with Gasteiger partial charge in [-0.1, -0.05) is 36.7 Å². The number of rotatable bonds is 4. The van der Waals surface area contributed by atoms with Gasteiger partial charge >= 0.3 is 0 Å². The van der Waals surface area contributed by atoms with Crippen LogP contribution in [0, 0.1) is 0 Å². The lowest BCUT2D eigenvalue weighted by molar-refractivity contribution is 0.305. The Kier molecular flexibility index (Phi) is 4.11. The standard InChI is InChI=1S/C15H16ClNO/c1-2-11-7-8-13(17)9-12(11)10-18-15-6-4-3-5-14(15)16/h3-9H,2,10,17H2,1H3. The van der Waals surface area contributed by atoms with E-state index in [4.69, 9.17) is 22.1 Å². The Morgan fingerprint density at radius 1 is 1.11 bits per heavy atom. The lowest BCUT2D eigenvalue weighted by Gasteiger charge is -2.11. The molecule has 0 heterocycles. The van der Waals surface area contributed by atoms with Gasteiger partial charge in [-0.15, -0.1) is 0 Å². The molecule has 0 unspecified atom stereocenters. The first kappa shape index (κ1) is 12.8. The van der Waals surface area contributed by atoms with Crippen molar-refractivity contribution in [1.29, 1.82) is 0 Å². The van der Waals surface area contributed by atoms with Crippen LogP contribution < -0.4 is 10.5 Å². The van der Waals surface area contributed by atoms with Crippen molar-refractivity contribution in [2.75, 3.05) is 5.73 Å². The second-order valence-electron chi connectivity index (χ2n) is 4.10. The summed E-state index contributed by atoms with van der Waals surface area (Å²) in [6.45, 7) is 2.60. The summed E-state index contributed by atoms with van der Waals surface area (Å²) in [5.41, 5.74) is 8.91. The van der Waals surface area contributed by atoms with Gasteiger partial charge in [0.15, 0.2) is 0 Å². The highest BCUT2D eigenvalue weighted by Crippen LogP contribution is 2.25. The molecule has 2 nitrogen and oxygen atoms in total. The summed E-state index contributed by atoms with van der Waals surface area (Å²) in [5, 5.41) is 0.624. The van der Waals surface area contributed by atoms with Gasteiger partial charge < -0.3 is 10.5 Å². The fourth-order valence-corrected chi connectivity index (χ4v) is 2.03. The number of nitrogens with two attached hydrogens (primary N) is 1. The predicted molar refractivity (Wildman–Crippen MR) is 76.0 cm³/mol. The highest BCUT2D eigenvalue weighted by molar-refractivity contribution is 6.32. The molecule has 0 atom stereocenters. The highest BCUT2D eigenvalue weighted by atomic mass is 35.5. The van der Waals surface area contributed by atoms with E-state index in [0.717, 1.165) is 17.7 Å². The van der Waals surface area contributed by atoms with Crippen LogP contribution in [-0.4, -0.2) is 0 Å². The molecule has 0 bridgehead atoms. The average molecular weight is 262 g/mol. The molecule has 0 saturated heterocycles. The van der Waals surface area contributed by atoms with E-state index in [1.165, 1.54) is 5.56 Å². The van der Waals surface area contributed by atoms with Crippen LogP contribution in [0.25, 0.3) is 0 Å². The van der Waals surface area contributed by atoms with Crippen LogP contribution >= 0.6 is 11.6 Å². The Hall–Kier alpha value is -1.67. The van der Waals surface area contributed by atoms with Crippen molar-refractivity contribution in [1.82, 2.24) is 0 Å². The number of nitrogen functional groups attached to an aromatic ring is 1. The van der Waals surface area contributed by atoms with Gasteiger partial charge in [-0.2, -0.15) is 0 Å². The minimum absolute atomic E-state index is 0.484. The number of para-hydroxylation sites is 1. The van der Waals surface area contributed by atoms with E-state index in [0.29, 0.717) is 17.4 Å². The monoisotopic (exact) mass is 261 g/mol. The molecule has 0 saturated carbocycles. The highest BCUT2D eigenvalue weighted by Gasteiger charge is 2.04. The van der Waals surface area contributed by atoms with Gasteiger partial charge in [0.1, 0.15) is 12.4 Å². The molecule has 0 radical (unpaired) electrons. The Morgan fingerprint density at radius 2 is 1.89 bits per heavy atom. The maximum absolute atomic E-state index is 6.05. The first-order valence-electron chi connectivity index (χ1n) is 5.95. The van der Waals surface area contributed by atoms with Crippen molar-refractivity contribution in [2.24, 2.45) is 0 Å². The van der Waals surface area contributed by atoms with Crippen molar-refractivity contribution >= 4 is 17.3 Å². The quantitative estimate of drug-likeness (QED) is 0.843. The maximum Gasteiger partial charge on any atom is 0.138 e. The Bertz CT molecular complexity index is 540. The number of benzene rings is 2. The zero-order chi connectivity index (χ0) is 13.0. The van der Waals surface area contributed by atoms with Gasteiger partial charge in [-0.3, -0.25) is 0 Å². The lowest BCUT2D eigenvalue weighted by atomic mass is 10.1. The van der Waals surface area contributed by atoms with Crippen LogP contribution in [-0.2, 0) is 13.0 Å². The zero-order valence-corrected chi connectivity index (χ0v) is 11.1. The first-order valence-corrected chi connectivity index (χ1v) is 6.33. The van der Waals surface area contributed by atoms with Gasteiger partial charge in [0.05, 0.1) is 5.02 Å². The molecule has 18 heavy (non-hydrogen) atoms. The molecule has 0 spiro atoms. The van der Waals surface area contributed by atoms with Crippen LogP contribution in [0.5, 0.6) is 5.75 Å². The van der Waals surface area contributed by atoms with Crippen LogP contribution in [0.1, 0.15) is 18.1 Å². The molecular formula is C15H16ClNO. The average Bonchev–Trinajstić information content (AvgIpc) is 2.38. The number of halogens is 1. The lowest BCUT2D eigenvalue weighted by Crippen LogP contribution is -2.01. The van der Waals surface area contributed by atoms with E-state index in [1.807, 2.05) is 42.5 Å². The van der Waals surface area contributed by atoms with E-state index < -0.39 is 0 Å². The van der Waals surface area contributed by atoms with Crippen LogP contribution in [0.15, 0.2) is 42.5 Å². The van der Waals surface area contributed by atoms with Gasteiger partial charge in [0.2, 0.25) is 0 Å². The van der Waals surface area contributed by atoms with E-state index in [-0.39, 0.29) is 0 Å². The smallest absolute Gasteiger partial charge is 0.138 e. The second kappa shape index (κ2) is 5.78. The molecule has 2 rings (SSSR count). The number of hydrogen-bond donors (Lipinski definition) is 1. The molecule has 0 aliphatic heterocycles. The molecule has 2 aromatic carbocycles. The minimum Gasteiger partial charge on any atom is -0.487 e. The molecule has 0 fully saturated rings. The van der Waals surface area contributed by atoms with Crippen molar-refractivity contribution in [3.8, 4) is 5.75 Å². The normalized spacial score (nSPS) is 10.3. The third kappa shape index (κ3) is 2.96. The molecule has 0 aliphatic carbocycles. The molecule has 3 heteroatoms. The van der Waals surface area contributed by atoms with E-state index in [2.05, 4.69) is 6.92 Å². The molecule has 94 valence electrons. The number of hydrogen-bond acceptors (Lipinski definition) is 2. The summed E-state index contributed by atoms with van der Waals surface area (Å²) in [7, 11) is 0. The van der Waals surface area contributed by atoms with Crippen molar-refractivity contribution in [3.05, 3.63) is 58.6 Å². The van der Waals surface area contributed by atoms with Crippen molar-refractivity contribution in [2.45, 2.75) is 20.0 Å². The van der Waals surface area contributed by atoms with Crippen molar-refractivity contribution < 1.29 is 4.74 Å². The van der Waals surface area contributed by atoms with E-state index >= 15 is 0 Å². The first-order chi connectivity index (χ1) is 8.70. The summed E-state index contributed by atoms with van der Waals surface area (Å²) in [5.74, 6) is 0.698. The molecule has 0 aliphatic rings. The van der Waals surface area contributed by atoms with Crippen molar-refractivity contribution in [3.63, 3.8) is 0 Å². The summed E-state index contributed by atoms with van der Waals surface area (Å²) in [6.07, 6.45) is 0.960. The largest absolute Gasteiger partial charge is 0.487 e. The number of aryl methyl sites for hydroxylation is 1. The van der Waals surface area contributed by atoms with Gasteiger partial charge in [-0.25, -0.2) is 0 Å². The Balaban J connectivity index is 2.15. The molecular weight excluding hydrogens is 246 g/mol. The van der Waals surface area contributed by atoms with E-state index in [1.54, 1.807) is 0 Å². The molecule has 0 amide bonds. The fraction of sp³-hybridized carbons (Fsp3) is 0.200. The topological polar surface area (TPSA) is 35.2 Å². The molecule has 2 N–H and O–H groups in total. The minimum atomic E-state index is 0.484. The van der Waals surface area contributed by atoms with Gasteiger partial charge in [0, 0.05) is 5.69 Å². The fourth-order valence-electron chi connectivity index (χ4n) is 1.84. The van der Waals surface area contributed by atoms with Gasteiger partial charge in [0.25, 0.3) is 0 Å².